The number of hydrogen-bond acceptors (Lipinski definition) is 3. The molecule has 2 aromatic carbocycles. The van der Waals surface area contributed by atoms with E-state index >= 15 is 0 Å². The van der Waals surface area contributed by atoms with Crippen LogP contribution in [-0.4, -0.2) is 20.3 Å². The van der Waals surface area contributed by atoms with Crippen LogP contribution in [0.3, 0.4) is 0 Å². The minimum atomic E-state index is 0.683. The van der Waals surface area contributed by atoms with Crippen molar-refractivity contribution in [2.45, 2.75) is 51.7 Å². The standard InChI is InChI=1S/C23H32O3/c1-24-23-15-13-22(14-16-23)20-26-18-10-5-3-2-4-9-17-25-19-21-11-7-6-8-12-21/h6-8,11-16H,2-5,9-10,17-20H2,1H3. The summed E-state index contributed by atoms with van der Waals surface area (Å²) in [4.78, 5) is 0. The summed E-state index contributed by atoms with van der Waals surface area (Å²) in [5, 5.41) is 0. The van der Waals surface area contributed by atoms with Crippen LogP contribution in [0.4, 0.5) is 0 Å². The van der Waals surface area contributed by atoms with Crippen LogP contribution < -0.4 is 4.74 Å². The second-order valence-electron chi connectivity index (χ2n) is 6.56. The van der Waals surface area contributed by atoms with Crippen LogP contribution in [0.25, 0.3) is 0 Å². The van der Waals surface area contributed by atoms with Crippen LogP contribution in [0.1, 0.15) is 49.7 Å². The molecule has 0 bridgehead atoms. The highest BCUT2D eigenvalue weighted by Gasteiger charge is 1.96. The van der Waals surface area contributed by atoms with E-state index in [1.165, 1.54) is 36.8 Å². The van der Waals surface area contributed by atoms with Crippen molar-refractivity contribution in [1.29, 1.82) is 0 Å². The molecule has 3 nitrogen and oxygen atoms in total. The normalized spacial score (nSPS) is 10.8. The lowest BCUT2D eigenvalue weighted by Gasteiger charge is -2.06. The monoisotopic (exact) mass is 356 g/mol. The predicted molar refractivity (Wildman–Crippen MR) is 106 cm³/mol. The summed E-state index contributed by atoms with van der Waals surface area (Å²) < 4.78 is 16.6. The fraction of sp³-hybridized carbons (Fsp3) is 0.478. The third kappa shape index (κ3) is 9.02. The lowest BCUT2D eigenvalue weighted by Crippen LogP contribution is -1.97. The van der Waals surface area contributed by atoms with Gasteiger partial charge in [0.15, 0.2) is 0 Å². The highest BCUT2D eigenvalue weighted by atomic mass is 16.5. The highest BCUT2D eigenvalue weighted by molar-refractivity contribution is 5.26. The molecule has 0 fully saturated rings. The largest absolute Gasteiger partial charge is 0.497 e. The zero-order valence-electron chi connectivity index (χ0n) is 16.0. The smallest absolute Gasteiger partial charge is 0.118 e. The van der Waals surface area contributed by atoms with Gasteiger partial charge in [-0.3, -0.25) is 0 Å². The van der Waals surface area contributed by atoms with Crippen molar-refractivity contribution in [2.75, 3.05) is 20.3 Å². The summed E-state index contributed by atoms with van der Waals surface area (Å²) in [6.45, 7) is 3.11. The van der Waals surface area contributed by atoms with Gasteiger partial charge in [-0.2, -0.15) is 0 Å². The van der Waals surface area contributed by atoms with Crippen molar-refractivity contribution in [3.05, 3.63) is 65.7 Å². The number of ether oxygens (including phenoxy) is 3. The first-order chi connectivity index (χ1) is 12.9. The van der Waals surface area contributed by atoms with Crippen LogP contribution in [-0.2, 0) is 22.7 Å². The molecule has 142 valence electrons. The number of hydrogen-bond donors (Lipinski definition) is 0. The molecular weight excluding hydrogens is 324 g/mol. The highest BCUT2D eigenvalue weighted by Crippen LogP contribution is 2.12. The van der Waals surface area contributed by atoms with Gasteiger partial charge in [0, 0.05) is 13.2 Å². The second-order valence-corrected chi connectivity index (χ2v) is 6.56. The second kappa shape index (κ2) is 13.4. The van der Waals surface area contributed by atoms with Crippen LogP contribution in [0, 0.1) is 0 Å². The van der Waals surface area contributed by atoms with Gasteiger partial charge >= 0.3 is 0 Å². The van der Waals surface area contributed by atoms with Crippen LogP contribution in [0.5, 0.6) is 5.75 Å². The molecule has 26 heavy (non-hydrogen) atoms. The average Bonchev–Trinajstić information content (AvgIpc) is 2.70. The molecule has 2 rings (SSSR count). The van der Waals surface area contributed by atoms with Gasteiger partial charge in [0.25, 0.3) is 0 Å². The van der Waals surface area contributed by atoms with Crippen LogP contribution in [0.2, 0.25) is 0 Å². The fourth-order valence-corrected chi connectivity index (χ4v) is 2.79. The van der Waals surface area contributed by atoms with E-state index in [2.05, 4.69) is 36.4 Å². The average molecular weight is 357 g/mol. The lowest BCUT2D eigenvalue weighted by molar-refractivity contribution is 0.114. The fourth-order valence-electron chi connectivity index (χ4n) is 2.79. The summed E-state index contributed by atoms with van der Waals surface area (Å²) in [5.74, 6) is 0.888. The maximum Gasteiger partial charge on any atom is 0.118 e. The molecule has 0 aliphatic rings. The third-order valence-corrected chi connectivity index (χ3v) is 4.37. The van der Waals surface area contributed by atoms with Gasteiger partial charge in [0.1, 0.15) is 5.75 Å². The van der Waals surface area contributed by atoms with Gasteiger partial charge < -0.3 is 14.2 Å². The van der Waals surface area contributed by atoms with Crippen LogP contribution in [0.15, 0.2) is 54.6 Å². The van der Waals surface area contributed by atoms with E-state index in [0.29, 0.717) is 6.61 Å². The van der Waals surface area contributed by atoms with Gasteiger partial charge in [-0.05, 0) is 36.1 Å². The van der Waals surface area contributed by atoms with E-state index in [1.807, 2.05) is 18.2 Å². The Bertz CT molecular complexity index is 566. The lowest BCUT2D eigenvalue weighted by atomic mass is 10.1. The zero-order valence-corrected chi connectivity index (χ0v) is 16.0. The van der Waals surface area contributed by atoms with Gasteiger partial charge in [0.05, 0.1) is 20.3 Å². The summed E-state index contributed by atoms with van der Waals surface area (Å²) in [7, 11) is 1.68. The first-order valence-electron chi connectivity index (χ1n) is 9.71. The Labute approximate surface area is 158 Å². The molecule has 0 unspecified atom stereocenters. The molecular formula is C23H32O3. The molecule has 0 saturated heterocycles. The molecule has 0 heterocycles. The summed E-state index contributed by atoms with van der Waals surface area (Å²) in [6, 6.07) is 18.4. The topological polar surface area (TPSA) is 27.7 Å². The molecule has 0 aromatic heterocycles. The van der Waals surface area contributed by atoms with Crippen LogP contribution >= 0.6 is 0 Å². The molecule has 0 atom stereocenters. The Morgan fingerprint density at radius 2 is 1.08 bits per heavy atom. The zero-order chi connectivity index (χ0) is 18.3. The van der Waals surface area contributed by atoms with E-state index in [4.69, 9.17) is 14.2 Å². The molecule has 0 aliphatic carbocycles. The Hall–Kier alpha value is -1.84. The van der Waals surface area contributed by atoms with Crippen molar-refractivity contribution in [1.82, 2.24) is 0 Å². The molecule has 0 radical (unpaired) electrons. The number of unbranched alkanes of at least 4 members (excludes halogenated alkanes) is 5. The maximum atomic E-state index is 5.73. The number of methoxy groups -OCH3 is 1. The SMILES string of the molecule is COc1ccc(COCCCCCCCCOCc2ccccc2)cc1. The Morgan fingerprint density at radius 1 is 0.577 bits per heavy atom. The van der Waals surface area contributed by atoms with Crippen molar-refractivity contribution in [3.63, 3.8) is 0 Å². The molecule has 2 aromatic rings. The number of rotatable bonds is 14. The summed E-state index contributed by atoms with van der Waals surface area (Å²) in [6.07, 6.45) is 7.36. The van der Waals surface area contributed by atoms with Gasteiger partial charge in [-0.1, -0.05) is 68.1 Å². The maximum absolute atomic E-state index is 5.73. The molecule has 0 N–H and O–H groups in total. The quantitative estimate of drug-likeness (QED) is 0.402. The van der Waals surface area contributed by atoms with Gasteiger partial charge in [-0.25, -0.2) is 0 Å². The van der Waals surface area contributed by atoms with E-state index in [-0.39, 0.29) is 0 Å². The number of benzene rings is 2. The molecule has 0 amide bonds. The molecule has 0 aliphatic heterocycles. The minimum absolute atomic E-state index is 0.683. The molecule has 3 heteroatoms. The van der Waals surface area contributed by atoms with Gasteiger partial charge in [-0.15, -0.1) is 0 Å². The third-order valence-electron chi connectivity index (χ3n) is 4.37. The van der Waals surface area contributed by atoms with Crippen molar-refractivity contribution >= 4 is 0 Å². The van der Waals surface area contributed by atoms with Crippen molar-refractivity contribution in [2.24, 2.45) is 0 Å². The van der Waals surface area contributed by atoms with Crippen molar-refractivity contribution in [3.8, 4) is 5.75 Å². The van der Waals surface area contributed by atoms with Crippen molar-refractivity contribution < 1.29 is 14.2 Å². The Morgan fingerprint density at radius 3 is 1.62 bits per heavy atom. The summed E-state index contributed by atoms with van der Waals surface area (Å²) in [5.41, 5.74) is 2.45. The summed E-state index contributed by atoms with van der Waals surface area (Å²) >= 11 is 0. The minimum Gasteiger partial charge on any atom is -0.497 e. The Kier molecular flexibility index (Phi) is 10.5. The van der Waals surface area contributed by atoms with E-state index < -0.39 is 0 Å². The van der Waals surface area contributed by atoms with Gasteiger partial charge in [0.2, 0.25) is 0 Å². The first kappa shape index (κ1) is 20.5. The first-order valence-corrected chi connectivity index (χ1v) is 9.71. The molecule has 0 saturated carbocycles. The predicted octanol–water partition coefficient (Wildman–Crippen LogP) is 5.77. The Balaban J connectivity index is 1.34. The van der Waals surface area contributed by atoms with E-state index in [1.54, 1.807) is 7.11 Å². The van der Waals surface area contributed by atoms with E-state index in [0.717, 1.165) is 38.4 Å². The van der Waals surface area contributed by atoms with E-state index in [9.17, 15) is 0 Å². The molecule has 0 spiro atoms.